The number of hydrogen-bond donors (Lipinski definition) is 2. The molecule has 3 nitrogen and oxygen atoms in total. The molecule has 0 aliphatic carbocycles. The van der Waals surface area contributed by atoms with E-state index in [0.717, 1.165) is 32.0 Å². The van der Waals surface area contributed by atoms with E-state index in [9.17, 15) is 0 Å². The maximum Gasteiger partial charge on any atom is 0.0503 e. The van der Waals surface area contributed by atoms with Crippen LogP contribution in [0.3, 0.4) is 0 Å². The third-order valence-electron chi connectivity index (χ3n) is 3.57. The average Bonchev–Trinajstić information content (AvgIpc) is 2.45. The van der Waals surface area contributed by atoms with E-state index < -0.39 is 0 Å². The number of piperidine rings is 1. The fourth-order valence-electron chi connectivity index (χ4n) is 2.48. The van der Waals surface area contributed by atoms with Crippen molar-refractivity contribution in [2.45, 2.75) is 19.3 Å². The van der Waals surface area contributed by atoms with Crippen LogP contribution < -0.4 is 10.6 Å². The van der Waals surface area contributed by atoms with Crippen LogP contribution in [0, 0.1) is 5.92 Å². The second-order valence-corrected chi connectivity index (χ2v) is 4.99. The lowest BCUT2D eigenvalue weighted by Gasteiger charge is -2.24. The molecule has 100 valence electrons. The number of rotatable bonds is 6. The molecule has 1 aliphatic heterocycles. The third kappa shape index (κ3) is 4.00. The lowest BCUT2D eigenvalue weighted by atomic mass is 9.99. The first-order valence-electron chi connectivity index (χ1n) is 6.91. The van der Waals surface area contributed by atoms with E-state index in [1.165, 1.54) is 30.6 Å². The minimum absolute atomic E-state index is 0.759. The van der Waals surface area contributed by atoms with Gasteiger partial charge in [0.25, 0.3) is 0 Å². The lowest BCUT2D eigenvalue weighted by Crippen LogP contribution is -2.33. The summed E-state index contributed by atoms with van der Waals surface area (Å²) in [5.74, 6) is 0.759. The van der Waals surface area contributed by atoms with Gasteiger partial charge >= 0.3 is 0 Å². The van der Waals surface area contributed by atoms with Crippen LogP contribution >= 0.6 is 0 Å². The average molecular weight is 248 g/mol. The molecule has 2 N–H and O–H groups in total. The third-order valence-corrected chi connectivity index (χ3v) is 3.57. The Labute approximate surface area is 110 Å². The molecular formula is C15H24N2O. The molecule has 1 atom stereocenters. The Bertz CT molecular complexity index is 348. The van der Waals surface area contributed by atoms with Crippen molar-refractivity contribution in [1.29, 1.82) is 0 Å². The summed E-state index contributed by atoms with van der Waals surface area (Å²) in [5.41, 5.74) is 2.61. The molecule has 0 bridgehead atoms. The Morgan fingerprint density at radius 3 is 3.06 bits per heavy atom. The minimum Gasteiger partial charge on any atom is -0.384 e. The quantitative estimate of drug-likeness (QED) is 0.810. The van der Waals surface area contributed by atoms with Crippen LogP contribution in [0.4, 0.5) is 5.69 Å². The molecule has 18 heavy (non-hydrogen) atoms. The Hall–Kier alpha value is -1.06. The van der Waals surface area contributed by atoms with E-state index in [1.54, 1.807) is 7.11 Å². The molecule has 3 heteroatoms. The van der Waals surface area contributed by atoms with Gasteiger partial charge in [-0.15, -0.1) is 0 Å². The van der Waals surface area contributed by atoms with Gasteiger partial charge in [0, 0.05) is 19.3 Å². The van der Waals surface area contributed by atoms with E-state index in [-0.39, 0.29) is 0 Å². The molecule has 1 heterocycles. The zero-order valence-corrected chi connectivity index (χ0v) is 11.2. The Balaban J connectivity index is 1.87. The van der Waals surface area contributed by atoms with Crippen molar-refractivity contribution in [3.8, 4) is 0 Å². The van der Waals surface area contributed by atoms with E-state index in [1.807, 2.05) is 0 Å². The van der Waals surface area contributed by atoms with E-state index in [2.05, 4.69) is 34.9 Å². The molecule has 2 rings (SSSR count). The smallest absolute Gasteiger partial charge is 0.0503 e. The summed E-state index contributed by atoms with van der Waals surface area (Å²) in [6.45, 7) is 4.18. The van der Waals surface area contributed by atoms with Crippen molar-refractivity contribution in [3.63, 3.8) is 0 Å². The molecule has 1 aromatic rings. The number of ether oxygens (including phenoxy) is 1. The molecule has 1 saturated heterocycles. The summed E-state index contributed by atoms with van der Waals surface area (Å²) in [6, 6.07) is 8.54. The summed E-state index contributed by atoms with van der Waals surface area (Å²) < 4.78 is 5.16. The van der Waals surface area contributed by atoms with Crippen molar-refractivity contribution in [2.75, 3.05) is 38.7 Å². The molecule has 1 unspecified atom stereocenters. The SMILES string of the molecule is COCCc1ccccc1NCC1CCCNC1. The number of benzene rings is 1. The number of nitrogens with one attached hydrogen (secondary N) is 2. The van der Waals surface area contributed by atoms with Gasteiger partial charge in [-0.25, -0.2) is 0 Å². The second-order valence-electron chi connectivity index (χ2n) is 4.99. The van der Waals surface area contributed by atoms with Crippen LogP contribution in [0.1, 0.15) is 18.4 Å². The van der Waals surface area contributed by atoms with Crippen molar-refractivity contribution in [1.82, 2.24) is 5.32 Å². The highest BCUT2D eigenvalue weighted by Gasteiger charge is 2.12. The van der Waals surface area contributed by atoms with Crippen LogP contribution in [0.15, 0.2) is 24.3 Å². The summed E-state index contributed by atoms with van der Waals surface area (Å²) in [6.07, 6.45) is 3.61. The Morgan fingerprint density at radius 1 is 1.39 bits per heavy atom. The molecule has 0 radical (unpaired) electrons. The number of anilines is 1. The number of hydrogen-bond acceptors (Lipinski definition) is 3. The second kappa shape index (κ2) is 7.39. The van der Waals surface area contributed by atoms with Gasteiger partial charge in [-0.2, -0.15) is 0 Å². The van der Waals surface area contributed by atoms with Gasteiger partial charge in [-0.1, -0.05) is 18.2 Å². The molecule has 1 fully saturated rings. The van der Waals surface area contributed by atoms with E-state index in [4.69, 9.17) is 4.74 Å². The van der Waals surface area contributed by atoms with Crippen LogP contribution in [0.5, 0.6) is 0 Å². The summed E-state index contributed by atoms with van der Waals surface area (Å²) in [5, 5.41) is 7.06. The maximum absolute atomic E-state index is 5.16. The van der Waals surface area contributed by atoms with Gasteiger partial charge in [0.15, 0.2) is 0 Å². The fraction of sp³-hybridized carbons (Fsp3) is 0.600. The highest BCUT2D eigenvalue weighted by molar-refractivity contribution is 5.51. The zero-order valence-electron chi connectivity index (χ0n) is 11.2. The van der Waals surface area contributed by atoms with Crippen molar-refractivity contribution in [3.05, 3.63) is 29.8 Å². The molecule has 0 aromatic heterocycles. The fourth-order valence-corrected chi connectivity index (χ4v) is 2.48. The first-order valence-corrected chi connectivity index (χ1v) is 6.91. The molecular weight excluding hydrogens is 224 g/mol. The molecule has 0 spiro atoms. The monoisotopic (exact) mass is 248 g/mol. The van der Waals surface area contributed by atoms with E-state index >= 15 is 0 Å². The predicted molar refractivity (Wildman–Crippen MR) is 76.1 cm³/mol. The highest BCUT2D eigenvalue weighted by atomic mass is 16.5. The van der Waals surface area contributed by atoms with Crippen molar-refractivity contribution >= 4 is 5.69 Å². The summed E-state index contributed by atoms with van der Waals surface area (Å²) in [4.78, 5) is 0. The van der Waals surface area contributed by atoms with Gasteiger partial charge in [-0.3, -0.25) is 0 Å². The highest BCUT2D eigenvalue weighted by Crippen LogP contribution is 2.17. The number of para-hydroxylation sites is 1. The normalized spacial score (nSPS) is 19.7. The van der Waals surface area contributed by atoms with Crippen LogP contribution in [0.25, 0.3) is 0 Å². The number of methoxy groups -OCH3 is 1. The van der Waals surface area contributed by atoms with Gasteiger partial charge < -0.3 is 15.4 Å². The largest absolute Gasteiger partial charge is 0.384 e. The topological polar surface area (TPSA) is 33.3 Å². The summed E-state index contributed by atoms with van der Waals surface area (Å²) >= 11 is 0. The maximum atomic E-state index is 5.16. The predicted octanol–water partition coefficient (Wildman–Crippen LogP) is 2.29. The standard InChI is InChI=1S/C15H24N2O/c1-18-10-8-14-6-2-3-7-15(14)17-12-13-5-4-9-16-11-13/h2-3,6-7,13,16-17H,4-5,8-12H2,1H3. The van der Waals surface area contributed by atoms with Gasteiger partial charge in [0.05, 0.1) is 6.61 Å². The van der Waals surface area contributed by atoms with Crippen molar-refractivity contribution < 1.29 is 4.74 Å². The molecule has 1 aromatic carbocycles. The van der Waals surface area contributed by atoms with Crippen molar-refractivity contribution in [2.24, 2.45) is 5.92 Å². The Morgan fingerprint density at radius 2 is 2.28 bits per heavy atom. The van der Waals surface area contributed by atoms with Gasteiger partial charge in [-0.05, 0) is 49.9 Å². The van der Waals surface area contributed by atoms with Gasteiger partial charge in [0.1, 0.15) is 0 Å². The minimum atomic E-state index is 0.759. The first-order chi connectivity index (χ1) is 8.90. The van der Waals surface area contributed by atoms with Crippen LogP contribution in [-0.2, 0) is 11.2 Å². The zero-order chi connectivity index (χ0) is 12.6. The Kier molecular flexibility index (Phi) is 5.49. The van der Waals surface area contributed by atoms with Gasteiger partial charge in [0.2, 0.25) is 0 Å². The molecule has 0 amide bonds. The molecule has 1 aliphatic rings. The summed E-state index contributed by atoms with van der Waals surface area (Å²) in [7, 11) is 1.75. The van der Waals surface area contributed by atoms with E-state index in [0.29, 0.717) is 0 Å². The van der Waals surface area contributed by atoms with Crippen LogP contribution in [0.2, 0.25) is 0 Å². The first kappa shape index (κ1) is 13.4. The van der Waals surface area contributed by atoms with Crippen LogP contribution in [-0.4, -0.2) is 33.4 Å². The molecule has 0 saturated carbocycles. The lowest BCUT2D eigenvalue weighted by molar-refractivity contribution is 0.202.